The zero-order valence-corrected chi connectivity index (χ0v) is 13.1. The molecular weight excluding hydrogens is 290 g/mol. The Morgan fingerprint density at radius 2 is 2.00 bits per heavy atom. The predicted molar refractivity (Wildman–Crippen MR) is 81.2 cm³/mol. The number of hydrogen-bond acceptors (Lipinski definition) is 3. The molecule has 0 bridgehead atoms. The number of hydrogen-bond donors (Lipinski definition) is 1. The van der Waals surface area contributed by atoms with Gasteiger partial charge in [-0.25, -0.2) is 4.98 Å². The average molecular weight is 310 g/mol. The molecule has 0 saturated carbocycles. The largest absolute Gasteiger partial charge is 0.353 e. The van der Waals surface area contributed by atoms with Gasteiger partial charge in [-0.05, 0) is 25.0 Å². The van der Waals surface area contributed by atoms with E-state index in [0.717, 1.165) is 12.8 Å². The number of likely N-dealkylation sites (tertiary alicyclic amines) is 1. The van der Waals surface area contributed by atoms with Gasteiger partial charge in [0.15, 0.2) is 0 Å². The fraction of sp³-hybridized carbons (Fsp3) is 0.533. The highest BCUT2D eigenvalue weighted by Gasteiger charge is 2.25. The van der Waals surface area contributed by atoms with Gasteiger partial charge in [-0.3, -0.25) is 9.59 Å². The molecule has 1 aromatic rings. The van der Waals surface area contributed by atoms with Gasteiger partial charge in [0.1, 0.15) is 10.8 Å². The molecular formula is C15H20ClN3O2. The molecule has 1 aliphatic heterocycles. The maximum Gasteiger partial charge on any atom is 0.272 e. The molecule has 1 saturated heterocycles. The quantitative estimate of drug-likeness (QED) is 0.870. The maximum absolute atomic E-state index is 12.3. The van der Waals surface area contributed by atoms with E-state index in [1.54, 1.807) is 23.1 Å². The zero-order valence-electron chi connectivity index (χ0n) is 12.3. The highest BCUT2D eigenvalue weighted by Crippen LogP contribution is 2.15. The second-order valence-electron chi connectivity index (χ2n) is 5.58. The van der Waals surface area contributed by atoms with E-state index >= 15 is 0 Å². The molecule has 0 aromatic carbocycles. The highest BCUT2D eigenvalue weighted by molar-refractivity contribution is 6.29. The van der Waals surface area contributed by atoms with Crippen LogP contribution in [0, 0.1) is 5.92 Å². The van der Waals surface area contributed by atoms with E-state index in [1.807, 2.05) is 13.8 Å². The Kier molecular flexibility index (Phi) is 5.17. The molecule has 0 aliphatic carbocycles. The van der Waals surface area contributed by atoms with Crippen LogP contribution in [0.5, 0.6) is 0 Å². The number of piperidine rings is 1. The molecule has 0 unspecified atom stereocenters. The van der Waals surface area contributed by atoms with Crippen molar-refractivity contribution in [2.45, 2.75) is 32.7 Å². The van der Waals surface area contributed by atoms with Crippen LogP contribution in [0.1, 0.15) is 37.2 Å². The first-order chi connectivity index (χ1) is 9.97. The zero-order chi connectivity index (χ0) is 15.4. The van der Waals surface area contributed by atoms with Gasteiger partial charge < -0.3 is 10.2 Å². The molecule has 1 aromatic heterocycles. The number of nitrogens with zero attached hydrogens (tertiary/aromatic N) is 2. The Bertz CT molecular complexity index is 525. The number of pyridine rings is 1. The van der Waals surface area contributed by atoms with Crippen LogP contribution in [-0.4, -0.2) is 40.8 Å². The van der Waals surface area contributed by atoms with Gasteiger partial charge >= 0.3 is 0 Å². The van der Waals surface area contributed by atoms with Crippen LogP contribution in [0.4, 0.5) is 0 Å². The van der Waals surface area contributed by atoms with Crippen molar-refractivity contribution in [1.29, 1.82) is 0 Å². The molecule has 2 heterocycles. The van der Waals surface area contributed by atoms with Crippen LogP contribution >= 0.6 is 11.6 Å². The van der Waals surface area contributed by atoms with E-state index in [1.165, 1.54) is 0 Å². The van der Waals surface area contributed by atoms with Gasteiger partial charge in [0.05, 0.1) is 0 Å². The number of aromatic nitrogens is 1. The molecule has 0 atom stereocenters. The van der Waals surface area contributed by atoms with Crippen LogP contribution in [0.15, 0.2) is 18.2 Å². The van der Waals surface area contributed by atoms with Gasteiger partial charge in [-0.1, -0.05) is 31.5 Å². The van der Waals surface area contributed by atoms with Gasteiger partial charge in [-0.2, -0.15) is 0 Å². The summed E-state index contributed by atoms with van der Waals surface area (Å²) in [4.78, 5) is 29.8. The summed E-state index contributed by atoms with van der Waals surface area (Å²) in [6.07, 6.45) is 1.54. The van der Waals surface area contributed by atoms with E-state index in [-0.39, 0.29) is 23.8 Å². The molecule has 1 fully saturated rings. The second kappa shape index (κ2) is 6.89. The first-order valence-electron chi connectivity index (χ1n) is 7.19. The van der Waals surface area contributed by atoms with Crippen molar-refractivity contribution in [3.8, 4) is 0 Å². The standard InChI is InChI=1S/C15H20ClN3O2/c1-10(2)14(20)17-11-6-8-19(9-7-11)15(21)12-4-3-5-13(16)18-12/h3-5,10-11H,6-9H2,1-2H3,(H,17,20). The summed E-state index contributed by atoms with van der Waals surface area (Å²) < 4.78 is 0. The molecule has 0 spiro atoms. The Morgan fingerprint density at radius 3 is 2.57 bits per heavy atom. The molecule has 2 amide bonds. The van der Waals surface area contributed by atoms with Gasteiger partial charge in [0.2, 0.25) is 5.91 Å². The fourth-order valence-corrected chi connectivity index (χ4v) is 2.45. The number of carbonyl (C=O) groups is 2. The monoisotopic (exact) mass is 309 g/mol. The van der Waals surface area contributed by atoms with E-state index < -0.39 is 0 Å². The summed E-state index contributed by atoms with van der Waals surface area (Å²) in [7, 11) is 0. The summed E-state index contributed by atoms with van der Waals surface area (Å²) in [6, 6.07) is 5.18. The predicted octanol–water partition coefficient (Wildman–Crippen LogP) is 2.11. The van der Waals surface area contributed by atoms with Gasteiger partial charge in [-0.15, -0.1) is 0 Å². The molecule has 114 valence electrons. The summed E-state index contributed by atoms with van der Waals surface area (Å²) in [5.74, 6) is -0.0530. The van der Waals surface area contributed by atoms with E-state index in [0.29, 0.717) is 23.9 Å². The summed E-state index contributed by atoms with van der Waals surface area (Å²) in [5.41, 5.74) is 0.368. The first kappa shape index (κ1) is 15.8. The lowest BCUT2D eigenvalue weighted by molar-refractivity contribution is -0.124. The van der Waals surface area contributed by atoms with Crippen LogP contribution in [0.25, 0.3) is 0 Å². The summed E-state index contributed by atoms with van der Waals surface area (Å²) in [6.45, 7) is 4.99. The Hall–Kier alpha value is -1.62. The number of carbonyl (C=O) groups excluding carboxylic acids is 2. The van der Waals surface area contributed by atoms with Crippen molar-refractivity contribution in [1.82, 2.24) is 15.2 Å². The van der Waals surface area contributed by atoms with Gasteiger partial charge in [0.25, 0.3) is 5.91 Å². The van der Waals surface area contributed by atoms with Crippen molar-refractivity contribution in [2.24, 2.45) is 5.92 Å². The molecule has 6 heteroatoms. The molecule has 5 nitrogen and oxygen atoms in total. The Balaban J connectivity index is 1.89. The summed E-state index contributed by atoms with van der Waals surface area (Å²) >= 11 is 5.81. The lowest BCUT2D eigenvalue weighted by atomic mass is 10.0. The molecule has 1 N–H and O–H groups in total. The highest BCUT2D eigenvalue weighted by atomic mass is 35.5. The van der Waals surface area contributed by atoms with E-state index in [9.17, 15) is 9.59 Å². The van der Waals surface area contributed by atoms with Crippen LogP contribution in [0.3, 0.4) is 0 Å². The van der Waals surface area contributed by atoms with Crippen LogP contribution < -0.4 is 5.32 Å². The van der Waals surface area contributed by atoms with Crippen molar-refractivity contribution >= 4 is 23.4 Å². The van der Waals surface area contributed by atoms with Crippen molar-refractivity contribution in [2.75, 3.05) is 13.1 Å². The SMILES string of the molecule is CC(C)C(=O)NC1CCN(C(=O)c2cccc(Cl)n2)CC1. The number of amides is 2. The average Bonchev–Trinajstić information content (AvgIpc) is 2.47. The van der Waals surface area contributed by atoms with Crippen molar-refractivity contribution in [3.05, 3.63) is 29.0 Å². The lowest BCUT2D eigenvalue weighted by Crippen LogP contribution is -2.47. The van der Waals surface area contributed by atoms with Crippen molar-refractivity contribution in [3.63, 3.8) is 0 Å². The third-order valence-corrected chi connectivity index (χ3v) is 3.80. The molecule has 1 aliphatic rings. The molecule has 0 radical (unpaired) electrons. The van der Waals surface area contributed by atoms with Gasteiger partial charge in [0, 0.05) is 25.0 Å². The smallest absolute Gasteiger partial charge is 0.272 e. The molecule has 2 rings (SSSR count). The Morgan fingerprint density at radius 1 is 1.33 bits per heavy atom. The number of nitrogens with one attached hydrogen (secondary N) is 1. The minimum Gasteiger partial charge on any atom is -0.353 e. The molecule has 21 heavy (non-hydrogen) atoms. The first-order valence-corrected chi connectivity index (χ1v) is 7.57. The minimum absolute atomic E-state index is 0.0136. The number of rotatable bonds is 3. The Labute approximate surface area is 129 Å². The van der Waals surface area contributed by atoms with Crippen LogP contribution in [0.2, 0.25) is 5.15 Å². The number of halogens is 1. The topological polar surface area (TPSA) is 62.3 Å². The van der Waals surface area contributed by atoms with E-state index in [4.69, 9.17) is 11.6 Å². The lowest BCUT2D eigenvalue weighted by Gasteiger charge is -2.32. The fourth-order valence-electron chi connectivity index (χ4n) is 2.28. The van der Waals surface area contributed by atoms with E-state index in [2.05, 4.69) is 10.3 Å². The van der Waals surface area contributed by atoms with Crippen molar-refractivity contribution < 1.29 is 9.59 Å². The second-order valence-corrected chi connectivity index (χ2v) is 5.96. The third kappa shape index (κ3) is 4.17. The van der Waals surface area contributed by atoms with Crippen LogP contribution in [-0.2, 0) is 4.79 Å². The third-order valence-electron chi connectivity index (χ3n) is 3.59. The normalized spacial score (nSPS) is 16.1. The minimum atomic E-state index is -0.105. The summed E-state index contributed by atoms with van der Waals surface area (Å²) in [5, 5.41) is 3.33. The maximum atomic E-state index is 12.3.